The lowest BCUT2D eigenvalue weighted by molar-refractivity contribution is 0.0693. The van der Waals surface area contributed by atoms with E-state index in [9.17, 15) is 13.2 Å². The van der Waals surface area contributed by atoms with E-state index in [0.29, 0.717) is 34.4 Å². The van der Waals surface area contributed by atoms with Crippen molar-refractivity contribution in [3.05, 3.63) is 39.7 Å². The number of piperazine rings is 1. The van der Waals surface area contributed by atoms with Gasteiger partial charge in [0.05, 0.1) is 9.35 Å². The first-order valence-corrected chi connectivity index (χ1v) is 10.9. The smallest absolute Gasteiger partial charge is 0.257 e. The van der Waals surface area contributed by atoms with Gasteiger partial charge in [-0.3, -0.25) is 4.79 Å². The van der Waals surface area contributed by atoms with E-state index in [2.05, 4.69) is 15.9 Å². The number of carbonyl (C=O) groups excluding carboxylic acids is 1. The number of para-hydroxylation sites is 1. The summed E-state index contributed by atoms with van der Waals surface area (Å²) in [4.78, 5) is 14.5. The van der Waals surface area contributed by atoms with Crippen LogP contribution in [0.5, 0.6) is 11.5 Å². The second kappa shape index (κ2) is 6.84. The molecule has 1 amide bonds. The van der Waals surface area contributed by atoms with Crippen LogP contribution < -0.4 is 9.47 Å². The average molecular weight is 459 g/mol. The zero-order valence-electron chi connectivity index (χ0n) is 13.6. The standard InChI is InChI=1S/C16H15BrN2O5S2/c17-13-4-5-14(25-13)26(21,22)19-8-6-18(7-9-19)16(20)11-2-1-3-12-15(11)24-10-23-12/h1-5H,6-10H2. The van der Waals surface area contributed by atoms with Crippen LogP contribution in [0.15, 0.2) is 38.3 Å². The minimum Gasteiger partial charge on any atom is -0.454 e. The Bertz CT molecular complexity index is 951. The van der Waals surface area contributed by atoms with E-state index in [4.69, 9.17) is 9.47 Å². The minimum absolute atomic E-state index is 0.0992. The Labute approximate surface area is 163 Å². The number of amides is 1. The largest absolute Gasteiger partial charge is 0.454 e. The van der Waals surface area contributed by atoms with E-state index in [0.717, 1.165) is 3.79 Å². The van der Waals surface area contributed by atoms with Crippen LogP contribution in [0.1, 0.15) is 10.4 Å². The monoisotopic (exact) mass is 458 g/mol. The molecule has 26 heavy (non-hydrogen) atoms. The van der Waals surface area contributed by atoms with Crippen molar-refractivity contribution in [3.8, 4) is 11.5 Å². The second-order valence-corrected chi connectivity index (χ2v) is 10.4. The van der Waals surface area contributed by atoms with E-state index >= 15 is 0 Å². The number of sulfonamides is 1. The van der Waals surface area contributed by atoms with E-state index in [-0.39, 0.29) is 25.8 Å². The van der Waals surface area contributed by atoms with Crippen molar-refractivity contribution in [1.82, 2.24) is 9.21 Å². The molecular weight excluding hydrogens is 444 g/mol. The molecule has 2 aromatic rings. The highest BCUT2D eigenvalue weighted by molar-refractivity contribution is 9.11. The third kappa shape index (κ3) is 3.11. The summed E-state index contributed by atoms with van der Waals surface area (Å²) in [6.07, 6.45) is 0. The summed E-state index contributed by atoms with van der Waals surface area (Å²) < 4.78 is 38.5. The van der Waals surface area contributed by atoms with Gasteiger partial charge in [-0.05, 0) is 40.2 Å². The predicted molar refractivity (Wildman–Crippen MR) is 99.2 cm³/mol. The van der Waals surface area contributed by atoms with E-state index in [1.54, 1.807) is 35.2 Å². The zero-order valence-corrected chi connectivity index (χ0v) is 16.8. The van der Waals surface area contributed by atoms with Crippen LogP contribution in [0.25, 0.3) is 0 Å². The normalized spacial score (nSPS) is 17.5. The molecule has 10 heteroatoms. The maximum Gasteiger partial charge on any atom is 0.257 e. The van der Waals surface area contributed by atoms with Crippen molar-refractivity contribution < 1.29 is 22.7 Å². The molecule has 0 radical (unpaired) electrons. The highest BCUT2D eigenvalue weighted by Crippen LogP contribution is 2.36. The number of fused-ring (bicyclic) bond motifs is 1. The summed E-state index contributed by atoms with van der Waals surface area (Å²) in [5.74, 6) is 0.833. The maximum atomic E-state index is 12.8. The fourth-order valence-electron chi connectivity index (χ4n) is 2.96. The van der Waals surface area contributed by atoms with Gasteiger partial charge >= 0.3 is 0 Å². The molecule has 0 spiro atoms. The van der Waals surface area contributed by atoms with Crippen molar-refractivity contribution in [2.24, 2.45) is 0 Å². The minimum atomic E-state index is -3.53. The zero-order chi connectivity index (χ0) is 18.3. The highest BCUT2D eigenvalue weighted by atomic mass is 79.9. The second-order valence-electron chi connectivity index (χ2n) is 5.79. The summed E-state index contributed by atoms with van der Waals surface area (Å²) >= 11 is 4.47. The van der Waals surface area contributed by atoms with Gasteiger partial charge in [0.25, 0.3) is 15.9 Å². The Morgan fingerprint density at radius 2 is 1.85 bits per heavy atom. The first kappa shape index (κ1) is 17.8. The first-order valence-electron chi connectivity index (χ1n) is 7.90. The quantitative estimate of drug-likeness (QED) is 0.705. The number of thiophene rings is 1. The van der Waals surface area contributed by atoms with E-state index < -0.39 is 10.0 Å². The predicted octanol–water partition coefficient (Wildman–Crippen LogP) is 2.39. The van der Waals surface area contributed by atoms with Crippen LogP contribution in [0.3, 0.4) is 0 Å². The summed E-state index contributed by atoms with van der Waals surface area (Å²) in [5, 5.41) is 0. The number of rotatable bonds is 3. The lowest BCUT2D eigenvalue weighted by Gasteiger charge is -2.33. The van der Waals surface area contributed by atoms with Crippen molar-refractivity contribution in [2.45, 2.75) is 4.21 Å². The molecule has 0 saturated carbocycles. The molecule has 7 nitrogen and oxygen atoms in total. The molecule has 138 valence electrons. The Hall–Kier alpha value is -1.62. The van der Waals surface area contributed by atoms with Gasteiger partial charge < -0.3 is 14.4 Å². The Morgan fingerprint density at radius 3 is 2.54 bits per heavy atom. The first-order chi connectivity index (χ1) is 12.5. The molecule has 2 aliphatic heterocycles. The molecule has 0 aliphatic carbocycles. The number of benzene rings is 1. The van der Waals surface area contributed by atoms with Gasteiger partial charge in [0.1, 0.15) is 4.21 Å². The highest BCUT2D eigenvalue weighted by Gasteiger charge is 2.33. The van der Waals surface area contributed by atoms with Crippen LogP contribution in [0, 0.1) is 0 Å². The van der Waals surface area contributed by atoms with Gasteiger partial charge in [-0.2, -0.15) is 4.31 Å². The Balaban J connectivity index is 1.47. The Kier molecular flexibility index (Phi) is 4.68. The molecule has 1 fully saturated rings. The molecule has 0 bridgehead atoms. The lowest BCUT2D eigenvalue weighted by atomic mass is 10.1. The van der Waals surface area contributed by atoms with Crippen LogP contribution in [-0.4, -0.2) is 56.5 Å². The van der Waals surface area contributed by atoms with Gasteiger partial charge in [0, 0.05) is 26.2 Å². The lowest BCUT2D eigenvalue weighted by Crippen LogP contribution is -2.50. The van der Waals surface area contributed by atoms with Crippen LogP contribution in [0.4, 0.5) is 0 Å². The molecule has 4 rings (SSSR count). The number of halogens is 1. The number of hydrogen-bond donors (Lipinski definition) is 0. The molecule has 0 N–H and O–H groups in total. The van der Waals surface area contributed by atoms with Crippen molar-refractivity contribution in [3.63, 3.8) is 0 Å². The fourth-order valence-corrected chi connectivity index (χ4v) is 6.55. The van der Waals surface area contributed by atoms with Crippen LogP contribution >= 0.6 is 27.3 Å². The molecule has 0 unspecified atom stereocenters. The summed E-state index contributed by atoms with van der Waals surface area (Å²) in [7, 11) is -3.53. The number of carbonyl (C=O) groups is 1. The molecule has 2 aliphatic rings. The van der Waals surface area contributed by atoms with Gasteiger partial charge in [0.2, 0.25) is 6.79 Å². The topological polar surface area (TPSA) is 76.2 Å². The molecular formula is C16H15BrN2O5S2. The number of ether oxygens (including phenoxy) is 2. The third-order valence-corrected chi connectivity index (χ3v) is 8.29. The Morgan fingerprint density at radius 1 is 1.08 bits per heavy atom. The van der Waals surface area contributed by atoms with E-state index in [1.807, 2.05) is 0 Å². The summed E-state index contributed by atoms with van der Waals surface area (Å²) in [5.41, 5.74) is 0.443. The van der Waals surface area contributed by atoms with Crippen molar-refractivity contribution in [1.29, 1.82) is 0 Å². The number of nitrogens with zero attached hydrogens (tertiary/aromatic N) is 2. The molecule has 0 atom stereocenters. The van der Waals surface area contributed by atoms with Crippen LogP contribution in [0.2, 0.25) is 0 Å². The molecule has 1 aromatic carbocycles. The molecule has 1 saturated heterocycles. The van der Waals surface area contributed by atoms with Gasteiger partial charge in [-0.25, -0.2) is 8.42 Å². The average Bonchev–Trinajstić information content (AvgIpc) is 3.30. The third-order valence-electron chi connectivity index (χ3n) is 4.30. The fraction of sp³-hybridized carbons (Fsp3) is 0.312. The summed E-state index contributed by atoms with van der Waals surface area (Å²) in [6.45, 7) is 1.28. The maximum absolute atomic E-state index is 12.8. The van der Waals surface area contributed by atoms with Crippen LogP contribution in [-0.2, 0) is 10.0 Å². The van der Waals surface area contributed by atoms with Crippen molar-refractivity contribution >= 4 is 43.2 Å². The number of hydrogen-bond acceptors (Lipinski definition) is 6. The van der Waals surface area contributed by atoms with Crippen molar-refractivity contribution in [2.75, 3.05) is 33.0 Å². The van der Waals surface area contributed by atoms with E-state index in [1.165, 1.54) is 15.6 Å². The molecule has 1 aromatic heterocycles. The van der Waals surface area contributed by atoms with Gasteiger partial charge in [-0.15, -0.1) is 11.3 Å². The SMILES string of the molecule is O=C(c1cccc2c1OCO2)N1CCN(S(=O)(=O)c2ccc(Br)s2)CC1. The van der Waals surface area contributed by atoms with Gasteiger partial charge in [0.15, 0.2) is 11.5 Å². The van der Waals surface area contributed by atoms with Gasteiger partial charge in [-0.1, -0.05) is 6.07 Å². The molecule has 3 heterocycles. The summed E-state index contributed by atoms with van der Waals surface area (Å²) in [6, 6.07) is 8.50.